The predicted molar refractivity (Wildman–Crippen MR) is 78.0 cm³/mol. The van der Waals surface area contributed by atoms with E-state index in [2.05, 4.69) is 20.7 Å². The summed E-state index contributed by atoms with van der Waals surface area (Å²) in [7, 11) is -3.82. The maximum atomic E-state index is 13.7. The van der Waals surface area contributed by atoms with Gasteiger partial charge in [0.05, 0.1) is 5.69 Å². The first-order valence-corrected chi connectivity index (χ1v) is 8.50. The first-order chi connectivity index (χ1) is 9.44. The van der Waals surface area contributed by atoms with E-state index in [0.29, 0.717) is 17.4 Å². The van der Waals surface area contributed by atoms with E-state index in [1.807, 2.05) is 0 Å². The molecule has 1 aliphatic rings. The zero-order valence-electron chi connectivity index (χ0n) is 10.7. The fourth-order valence-corrected chi connectivity index (χ4v) is 4.13. The van der Waals surface area contributed by atoms with Gasteiger partial charge >= 0.3 is 10.2 Å². The number of para-hydroxylation sites is 1. The molecule has 2 rings (SSSR count). The molecule has 1 aromatic carbocycles. The quantitative estimate of drug-likeness (QED) is 0.855. The topological polar surface area (TPSA) is 69.6 Å². The Morgan fingerprint density at radius 3 is 2.90 bits per heavy atom. The van der Waals surface area contributed by atoms with Gasteiger partial charge in [0.25, 0.3) is 0 Å². The van der Waals surface area contributed by atoms with Crippen molar-refractivity contribution in [3.05, 3.63) is 28.5 Å². The van der Waals surface area contributed by atoms with Crippen LogP contribution in [0, 0.1) is 11.7 Å². The van der Waals surface area contributed by atoms with Crippen molar-refractivity contribution in [3.63, 3.8) is 0 Å². The molecular weight excluding hydrogens is 351 g/mol. The van der Waals surface area contributed by atoms with Crippen LogP contribution in [0.1, 0.15) is 12.8 Å². The van der Waals surface area contributed by atoms with Crippen LogP contribution in [-0.2, 0) is 10.2 Å². The Balaban J connectivity index is 2.19. The number of hydrogen-bond donors (Lipinski definition) is 2. The number of anilines is 1. The van der Waals surface area contributed by atoms with Gasteiger partial charge < -0.3 is 5.11 Å². The number of aliphatic hydroxyl groups excluding tert-OH is 1. The molecular formula is C12H16BrFN2O3S. The van der Waals surface area contributed by atoms with E-state index in [1.165, 1.54) is 16.4 Å². The highest BCUT2D eigenvalue weighted by Gasteiger charge is 2.29. The van der Waals surface area contributed by atoms with Gasteiger partial charge in [-0.25, -0.2) is 4.39 Å². The Kier molecular flexibility index (Phi) is 5.00. The maximum absolute atomic E-state index is 13.7. The Hall–Kier alpha value is -0.700. The second-order valence-electron chi connectivity index (χ2n) is 4.75. The molecule has 1 atom stereocenters. The molecule has 2 N–H and O–H groups in total. The molecule has 1 saturated heterocycles. The SMILES string of the molecule is O=S(=O)(Nc1c(F)cccc1Br)N1CCCC(CO)C1. The van der Waals surface area contributed by atoms with Crippen molar-refractivity contribution in [1.82, 2.24) is 4.31 Å². The minimum atomic E-state index is -3.82. The molecule has 0 bridgehead atoms. The Labute approximate surface area is 126 Å². The van der Waals surface area contributed by atoms with E-state index >= 15 is 0 Å². The van der Waals surface area contributed by atoms with Crippen LogP contribution in [0.5, 0.6) is 0 Å². The summed E-state index contributed by atoms with van der Waals surface area (Å²) >= 11 is 3.12. The van der Waals surface area contributed by atoms with Gasteiger partial charge in [-0.05, 0) is 46.8 Å². The van der Waals surface area contributed by atoms with Crippen LogP contribution < -0.4 is 4.72 Å². The molecule has 0 saturated carbocycles. The second kappa shape index (κ2) is 6.38. The maximum Gasteiger partial charge on any atom is 0.301 e. The van der Waals surface area contributed by atoms with Crippen LogP contribution >= 0.6 is 15.9 Å². The van der Waals surface area contributed by atoms with Crippen LogP contribution in [0.15, 0.2) is 22.7 Å². The normalized spacial score (nSPS) is 20.9. The molecule has 0 amide bonds. The number of piperidine rings is 1. The van der Waals surface area contributed by atoms with Gasteiger partial charge in [-0.15, -0.1) is 0 Å². The molecule has 1 aliphatic heterocycles. The summed E-state index contributed by atoms with van der Waals surface area (Å²) in [6, 6.07) is 4.24. The fourth-order valence-electron chi connectivity index (χ4n) is 2.18. The minimum absolute atomic E-state index is 0.0462. The molecule has 0 spiro atoms. The molecule has 0 radical (unpaired) electrons. The Morgan fingerprint density at radius 1 is 1.50 bits per heavy atom. The van der Waals surface area contributed by atoms with Crippen molar-refractivity contribution >= 4 is 31.8 Å². The fraction of sp³-hybridized carbons (Fsp3) is 0.500. The lowest BCUT2D eigenvalue weighted by Crippen LogP contribution is -2.43. The Bertz CT molecular complexity index is 562. The average Bonchev–Trinajstić information content (AvgIpc) is 2.43. The van der Waals surface area contributed by atoms with E-state index in [9.17, 15) is 12.8 Å². The van der Waals surface area contributed by atoms with Crippen LogP contribution in [-0.4, -0.2) is 37.5 Å². The molecule has 112 valence electrons. The van der Waals surface area contributed by atoms with Crippen LogP contribution in [0.2, 0.25) is 0 Å². The number of halogens is 2. The number of rotatable bonds is 4. The molecule has 0 aliphatic carbocycles. The standard InChI is InChI=1S/C12H16BrFN2O3S/c13-10-4-1-5-11(14)12(10)15-20(18,19)16-6-2-3-9(7-16)8-17/h1,4-5,9,15,17H,2-3,6-8H2. The van der Waals surface area contributed by atoms with E-state index in [4.69, 9.17) is 5.11 Å². The zero-order valence-corrected chi connectivity index (χ0v) is 13.1. The van der Waals surface area contributed by atoms with E-state index < -0.39 is 16.0 Å². The van der Waals surface area contributed by atoms with Crippen molar-refractivity contribution in [1.29, 1.82) is 0 Å². The first-order valence-electron chi connectivity index (χ1n) is 6.27. The summed E-state index contributed by atoms with van der Waals surface area (Å²) in [5, 5.41) is 9.14. The third kappa shape index (κ3) is 3.49. The molecule has 20 heavy (non-hydrogen) atoms. The second-order valence-corrected chi connectivity index (χ2v) is 7.28. The minimum Gasteiger partial charge on any atom is -0.396 e. The van der Waals surface area contributed by atoms with Crippen molar-refractivity contribution in [2.75, 3.05) is 24.4 Å². The Morgan fingerprint density at radius 2 is 2.25 bits per heavy atom. The summed E-state index contributed by atoms with van der Waals surface area (Å²) in [5.74, 6) is -0.706. The smallest absolute Gasteiger partial charge is 0.301 e. The van der Waals surface area contributed by atoms with E-state index in [1.54, 1.807) is 6.07 Å². The van der Waals surface area contributed by atoms with Crippen molar-refractivity contribution < 1.29 is 17.9 Å². The van der Waals surface area contributed by atoms with E-state index in [-0.39, 0.29) is 24.8 Å². The molecule has 1 fully saturated rings. The van der Waals surface area contributed by atoms with Gasteiger partial charge in [0.15, 0.2) is 0 Å². The summed E-state index contributed by atoms with van der Waals surface area (Å²) < 4.78 is 42.1. The lowest BCUT2D eigenvalue weighted by molar-refractivity contribution is 0.166. The number of hydrogen-bond acceptors (Lipinski definition) is 3. The highest BCUT2D eigenvalue weighted by atomic mass is 79.9. The molecule has 1 heterocycles. The average molecular weight is 367 g/mol. The number of nitrogens with one attached hydrogen (secondary N) is 1. The molecule has 1 aromatic rings. The summed E-state index contributed by atoms with van der Waals surface area (Å²) in [5.41, 5.74) is -0.0985. The van der Waals surface area contributed by atoms with E-state index in [0.717, 1.165) is 6.42 Å². The van der Waals surface area contributed by atoms with Gasteiger partial charge in [-0.1, -0.05) is 6.07 Å². The van der Waals surface area contributed by atoms with Crippen LogP contribution in [0.25, 0.3) is 0 Å². The van der Waals surface area contributed by atoms with Crippen LogP contribution in [0.3, 0.4) is 0 Å². The highest BCUT2D eigenvalue weighted by Crippen LogP contribution is 2.28. The lowest BCUT2D eigenvalue weighted by atomic mass is 10.0. The van der Waals surface area contributed by atoms with Gasteiger partial charge in [-0.2, -0.15) is 12.7 Å². The third-order valence-corrected chi connectivity index (χ3v) is 5.41. The monoisotopic (exact) mass is 366 g/mol. The zero-order chi connectivity index (χ0) is 14.8. The van der Waals surface area contributed by atoms with Gasteiger partial charge in [0, 0.05) is 24.2 Å². The number of aliphatic hydroxyl groups is 1. The molecule has 1 unspecified atom stereocenters. The molecule has 0 aromatic heterocycles. The lowest BCUT2D eigenvalue weighted by Gasteiger charge is -2.31. The van der Waals surface area contributed by atoms with Crippen molar-refractivity contribution in [3.8, 4) is 0 Å². The molecule has 5 nitrogen and oxygen atoms in total. The summed E-state index contributed by atoms with van der Waals surface area (Å²) in [6.45, 7) is 0.575. The predicted octanol–water partition coefficient (Wildman–Crippen LogP) is 1.95. The van der Waals surface area contributed by atoms with Gasteiger partial charge in [-0.3, -0.25) is 4.72 Å². The van der Waals surface area contributed by atoms with Gasteiger partial charge in [0.2, 0.25) is 0 Å². The number of benzene rings is 1. The summed E-state index contributed by atoms with van der Waals surface area (Å²) in [4.78, 5) is 0. The van der Waals surface area contributed by atoms with Gasteiger partial charge in [0.1, 0.15) is 5.82 Å². The van der Waals surface area contributed by atoms with Crippen molar-refractivity contribution in [2.24, 2.45) is 5.92 Å². The van der Waals surface area contributed by atoms with Crippen molar-refractivity contribution in [2.45, 2.75) is 12.8 Å². The largest absolute Gasteiger partial charge is 0.396 e. The highest BCUT2D eigenvalue weighted by molar-refractivity contribution is 9.10. The number of nitrogens with zero attached hydrogens (tertiary/aromatic N) is 1. The first kappa shape index (κ1) is 15.7. The third-order valence-electron chi connectivity index (χ3n) is 3.27. The summed E-state index contributed by atoms with van der Waals surface area (Å²) in [6.07, 6.45) is 1.48. The van der Waals surface area contributed by atoms with Crippen LogP contribution in [0.4, 0.5) is 10.1 Å². The molecule has 8 heteroatoms.